The largest absolute Gasteiger partial charge is 0.326 e. The fourth-order valence-corrected chi connectivity index (χ4v) is 3.91. The van der Waals surface area contributed by atoms with Gasteiger partial charge in [0.25, 0.3) is 0 Å². The molecule has 0 saturated carbocycles. The number of carbonyl (C=O) groups excluding carboxylic acids is 1. The highest BCUT2D eigenvalue weighted by Crippen LogP contribution is 2.16. The van der Waals surface area contributed by atoms with Crippen LogP contribution >= 0.6 is 15.9 Å². The summed E-state index contributed by atoms with van der Waals surface area (Å²) in [5, 5.41) is 2.78. The Hall–Kier alpha value is -1.70. The lowest BCUT2D eigenvalue weighted by atomic mass is 10.1. The molecule has 0 saturated heterocycles. The van der Waals surface area contributed by atoms with Crippen LogP contribution in [0.4, 0.5) is 5.69 Å². The van der Waals surface area contributed by atoms with Crippen LogP contribution in [-0.2, 0) is 14.8 Å². The Morgan fingerprint density at radius 3 is 2.38 bits per heavy atom. The number of carbonyl (C=O) groups is 1. The van der Waals surface area contributed by atoms with Gasteiger partial charge in [0.2, 0.25) is 15.9 Å². The molecule has 2 aromatic carbocycles. The molecule has 2 aromatic rings. The van der Waals surface area contributed by atoms with Crippen molar-refractivity contribution in [1.82, 2.24) is 4.72 Å². The zero-order valence-corrected chi connectivity index (χ0v) is 15.9. The average Bonchev–Trinajstić information content (AvgIpc) is 2.45. The highest BCUT2D eigenvalue weighted by molar-refractivity contribution is 9.10. The highest BCUT2D eigenvalue weighted by atomic mass is 79.9. The van der Waals surface area contributed by atoms with E-state index in [0.29, 0.717) is 10.2 Å². The van der Waals surface area contributed by atoms with E-state index in [9.17, 15) is 13.2 Å². The van der Waals surface area contributed by atoms with Crippen molar-refractivity contribution in [2.24, 2.45) is 0 Å². The van der Waals surface area contributed by atoms with Crippen LogP contribution in [0.25, 0.3) is 0 Å². The Bertz CT molecular complexity index is 830. The van der Waals surface area contributed by atoms with Crippen molar-refractivity contribution in [2.75, 3.05) is 11.9 Å². The molecule has 0 aromatic heterocycles. The van der Waals surface area contributed by atoms with Gasteiger partial charge in [0.15, 0.2) is 0 Å². The van der Waals surface area contributed by atoms with E-state index in [-0.39, 0.29) is 23.8 Å². The first-order valence-corrected chi connectivity index (χ1v) is 9.67. The van der Waals surface area contributed by atoms with Crippen molar-refractivity contribution >= 4 is 37.5 Å². The molecule has 2 rings (SSSR count). The van der Waals surface area contributed by atoms with Crippen LogP contribution in [0.1, 0.15) is 17.5 Å². The Morgan fingerprint density at radius 2 is 1.75 bits per heavy atom. The van der Waals surface area contributed by atoms with Crippen molar-refractivity contribution in [3.05, 3.63) is 58.1 Å². The molecule has 0 unspecified atom stereocenters. The summed E-state index contributed by atoms with van der Waals surface area (Å²) in [5.41, 5.74) is 2.83. The van der Waals surface area contributed by atoms with Crippen molar-refractivity contribution in [2.45, 2.75) is 25.2 Å². The summed E-state index contributed by atoms with van der Waals surface area (Å²) in [6.07, 6.45) is 0.0558. The minimum absolute atomic E-state index is 0.0332. The molecule has 5 nitrogen and oxygen atoms in total. The van der Waals surface area contributed by atoms with Crippen molar-refractivity contribution in [3.8, 4) is 0 Å². The van der Waals surface area contributed by atoms with Gasteiger partial charge in [-0.15, -0.1) is 0 Å². The summed E-state index contributed by atoms with van der Waals surface area (Å²) in [4.78, 5) is 12.1. The molecular formula is C17H19BrN2O3S. The summed E-state index contributed by atoms with van der Waals surface area (Å²) in [5.74, 6) is -0.239. The van der Waals surface area contributed by atoms with E-state index in [0.717, 1.165) is 11.1 Å². The molecule has 128 valence electrons. The van der Waals surface area contributed by atoms with Crippen LogP contribution in [0.3, 0.4) is 0 Å². The second-order valence-electron chi connectivity index (χ2n) is 5.53. The Balaban J connectivity index is 1.90. The molecule has 0 spiro atoms. The number of aryl methyl sites for hydroxylation is 2. The summed E-state index contributed by atoms with van der Waals surface area (Å²) in [7, 11) is -3.62. The van der Waals surface area contributed by atoms with Crippen molar-refractivity contribution < 1.29 is 13.2 Å². The molecule has 0 atom stereocenters. The number of anilines is 1. The van der Waals surface area contributed by atoms with Gasteiger partial charge in [-0.3, -0.25) is 4.79 Å². The average molecular weight is 411 g/mol. The van der Waals surface area contributed by atoms with E-state index in [4.69, 9.17) is 0 Å². The lowest BCUT2D eigenvalue weighted by molar-refractivity contribution is -0.116. The second kappa shape index (κ2) is 7.92. The molecular weight excluding hydrogens is 392 g/mol. The molecule has 2 N–H and O–H groups in total. The molecule has 1 amide bonds. The first-order valence-electron chi connectivity index (χ1n) is 7.40. The molecule has 0 aliphatic carbocycles. The smallest absolute Gasteiger partial charge is 0.240 e. The van der Waals surface area contributed by atoms with E-state index >= 15 is 0 Å². The Morgan fingerprint density at radius 1 is 1.08 bits per heavy atom. The number of hydrogen-bond donors (Lipinski definition) is 2. The molecule has 0 aliphatic rings. The van der Waals surface area contributed by atoms with Gasteiger partial charge in [0.05, 0.1) is 4.90 Å². The van der Waals surface area contributed by atoms with Crippen LogP contribution in [0.15, 0.2) is 51.8 Å². The maximum absolute atomic E-state index is 12.1. The highest BCUT2D eigenvalue weighted by Gasteiger charge is 2.14. The predicted molar refractivity (Wildman–Crippen MR) is 98.5 cm³/mol. The van der Waals surface area contributed by atoms with Gasteiger partial charge in [-0.25, -0.2) is 13.1 Å². The zero-order chi connectivity index (χ0) is 17.7. The summed E-state index contributed by atoms with van der Waals surface area (Å²) in [6.45, 7) is 3.94. The van der Waals surface area contributed by atoms with Crippen molar-refractivity contribution in [3.63, 3.8) is 0 Å². The van der Waals surface area contributed by atoms with Crippen LogP contribution in [0.2, 0.25) is 0 Å². The van der Waals surface area contributed by atoms with Crippen molar-refractivity contribution in [1.29, 1.82) is 0 Å². The minimum atomic E-state index is -3.62. The third kappa shape index (κ3) is 5.43. The van der Waals surface area contributed by atoms with Crippen LogP contribution in [-0.4, -0.2) is 20.9 Å². The fourth-order valence-electron chi connectivity index (χ4n) is 2.29. The summed E-state index contributed by atoms with van der Waals surface area (Å²) < 4.78 is 27.4. The normalized spacial score (nSPS) is 11.3. The summed E-state index contributed by atoms with van der Waals surface area (Å²) in [6, 6.07) is 12.2. The van der Waals surface area contributed by atoms with Gasteiger partial charge in [-0.2, -0.15) is 0 Å². The number of benzene rings is 2. The van der Waals surface area contributed by atoms with Crippen LogP contribution in [0.5, 0.6) is 0 Å². The number of sulfonamides is 1. The Labute approximate surface area is 150 Å². The number of nitrogens with one attached hydrogen (secondary N) is 2. The molecule has 0 radical (unpaired) electrons. The zero-order valence-electron chi connectivity index (χ0n) is 13.5. The van der Waals surface area contributed by atoms with Gasteiger partial charge in [-0.1, -0.05) is 28.1 Å². The van der Waals surface area contributed by atoms with Crippen LogP contribution < -0.4 is 10.0 Å². The third-order valence-electron chi connectivity index (χ3n) is 3.26. The first-order chi connectivity index (χ1) is 11.3. The van der Waals surface area contributed by atoms with Gasteiger partial charge in [-0.05, 0) is 55.3 Å². The molecule has 0 fully saturated rings. The number of amides is 1. The maximum atomic E-state index is 12.1. The van der Waals surface area contributed by atoms with E-state index in [1.165, 1.54) is 12.1 Å². The third-order valence-corrected chi connectivity index (χ3v) is 5.21. The second-order valence-corrected chi connectivity index (χ2v) is 8.21. The summed E-state index contributed by atoms with van der Waals surface area (Å²) >= 11 is 3.24. The van der Waals surface area contributed by atoms with E-state index in [2.05, 4.69) is 26.0 Å². The maximum Gasteiger partial charge on any atom is 0.240 e. The van der Waals surface area contributed by atoms with E-state index in [1.54, 1.807) is 12.1 Å². The van der Waals surface area contributed by atoms with Crippen LogP contribution in [0, 0.1) is 13.8 Å². The number of halogens is 1. The SMILES string of the molecule is Cc1cc(C)cc(NC(=O)CCNS(=O)(=O)c2cccc(Br)c2)c1. The van der Waals surface area contributed by atoms with Gasteiger partial charge < -0.3 is 5.32 Å². The van der Waals surface area contributed by atoms with E-state index in [1.807, 2.05) is 32.0 Å². The molecule has 0 heterocycles. The van der Waals surface area contributed by atoms with Gasteiger partial charge in [0, 0.05) is 23.1 Å². The Kier molecular flexibility index (Phi) is 6.15. The number of hydrogen-bond acceptors (Lipinski definition) is 3. The van der Waals surface area contributed by atoms with Gasteiger partial charge in [0.1, 0.15) is 0 Å². The standard InChI is InChI=1S/C17H19BrN2O3S/c1-12-8-13(2)10-15(9-12)20-17(21)6-7-19-24(22,23)16-5-3-4-14(18)11-16/h3-5,8-11,19H,6-7H2,1-2H3,(H,20,21). The van der Waals surface area contributed by atoms with Gasteiger partial charge >= 0.3 is 0 Å². The molecule has 0 aliphatic heterocycles. The quantitative estimate of drug-likeness (QED) is 0.766. The lowest BCUT2D eigenvalue weighted by Crippen LogP contribution is -2.27. The monoisotopic (exact) mass is 410 g/mol. The first kappa shape index (κ1) is 18.6. The lowest BCUT2D eigenvalue weighted by Gasteiger charge is -2.09. The molecule has 0 bridgehead atoms. The molecule has 24 heavy (non-hydrogen) atoms. The number of rotatable bonds is 6. The fraction of sp³-hybridized carbons (Fsp3) is 0.235. The minimum Gasteiger partial charge on any atom is -0.326 e. The molecule has 7 heteroatoms. The van der Waals surface area contributed by atoms with E-state index < -0.39 is 10.0 Å². The topological polar surface area (TPSA) is 75.3 Å². The predicted octanol–water partition coefficient (Wildman–Crippen LogP) is 3.37.